The van der Waals surface area contributed by atoms with Crippen LogP contribution in [-0.4, -0.2) is 14.8 Å². The number of nitrogens with two attached hydrogens (primary N) is 1. The van der Waals surface area contributed by atoms with Gasteiger partial charge in [0.25, 0.3) is 0 Å². The number of anilines is 1. The summed E-state index contributed by atoms with van der Waals surface area (Å²) in [5.74, 6) is 1.22. The zero-order valence-corrected chi connectivity index (χ0v) is 14.1. The molecule has 4 nitrogen and oxygen atoms in total. The zero-order chi connectivity index (χ0) is 15.0. The maximum Gasteiger partial charge on any atom is 0.222 e. The molecule has 0 radical (unpaired) electrons. The molecule has 3 rings (SSSR count). The molecule has 0 saturated heterocycles. The van der Waals surface area contributed by atoms with Gasteiger partial charge in [-0.1, -0.05) is 41.6 Å². The number of rotatable bonds is 4. The third-order valence-corrected chi connectivity index (χ3v) is 6.01. The van der Waals surface area contributed by atoms with Gasteiger partial charge in [-0.3, -0.25) is 4.57 Å². The molecule has 0 fully saturated rings. The lowest BCUT2D eigenvalue weighted by atomic mass is 10.2. The fourth-order valence-corrected chi connectivity index (χ4v) is 4.89. The number of thiophene rings is 1. The van der Waals surface area contributed by atoms with E-state index in [1.165, 1.54) is 4.70 Å². The number of hydrogen-bond donors (Lipinski definition) is 1. The van der Waals surface area contributed by atoms with Crippen LogP contribution in [0.2, 0.25) is 5.02 Å². The first-order chi connectivity index (χ1) is 10.1. The highest BCUT2D eigenvalue weighted by Crippen LogP contribution is 2.38. The molecule has 0 aliphatic carbocycles. The lowest BCUT2D eigenvalue weighted by molar-refractivity contribution is 0.557. The summed E-state index contributed by atoms with van der Waals surface area (Å²) in [4.78, 5) is 1.15. The Hall–Kier alpha value is -1.24. The minimum Gasteiger partial charge on any atom is -0.368 e. The largest absolute Gasteiger partial charge is 0.368 e. The molecule has 110 valence electrons. The molecule has 2 N–H and O–H groups in total. The smallest absolute Gasteiger partial charge is 0.222 e. The average molecular weight is 339 g/mol. The number of nitrogen functional groups attached to an aromatic ring is 1. The highest BCUT2D eigenvalue weighted by Gasteiger charge is 2.15. The standard InChI is InChI=1S/C14H15ClN4S2/c1-8(2)19-13(16)17-18-14(19)20-7-11-12(15)9-5-3-4-6-10(9)21-11/h3-6,8H,7H2,1-2H3,(H2,16,17). The van der Waals surface area contributed by atoms with Crippen molar-refractivity contribution in [1.82, 2.24) is 14.8 Å². The molecule has 2 heterocycles. The minimum absolute atomic E-state index is 0.236. The summed E-state index contributed by atoms with van der Waals surface area (Å²) in [5, 5.41) is 10.9. The van der Waals surface area contributed by atoms with E-state index in [2.05, 4.69) is 36.2 Å². The van der Waals surface area contributed by atoms with E-state index in [9.17, 15) is 0 Å². The molecule has 7 heteroatoms. The maximum absolute atomic E-state index is 6.46. The Morgan fingerprint density at radius 3 is 2.81 bits per heavy atom. The number of halogens is 1. The van der Waals surface area contributed by atoms with E-state index < -0.39 is 0 Å². The zero-order valence-electron chi connectivity index (χ0n) is 11.7. The Morgan fingerprint density at radius 2 is 2.10 bits per heavy atom. The first kappa shape index (κ1) is 14.7. The second-order valence-electron chi connectivity index (χ2n) is 4.93. The Labute approximate surface area is 136 Å². The van der Waals surface area contributed by atoms with Crippen molar-refractivity contribution < 1.29 is 0 Å². The van der Waals surface area contributed by atoms with E-state index in [0.717, 1.165) is 26.2 Å². The molecule has 0 spiro atoms. The van der Waals surface area contributed by atoms with Crippen LogP contribution in [-0.2, 0) is 5.75 Å². The molecule has 0 aliphatic rings. The predicted molar refractivity (Wildman–Crippen MR) is 91.2 cm³/mol. The van der Waals surface area contributed by atoms with Gasteiger partial charge in [0, 0.05) is 26.8 Å². The molecule has 0 saturated carbocycles. The molecule has 0 bridgehead atoms. The van der Waals surface area contributed by atoms with Crippen molar-refractivity contribution in [3.05, 3.63) is 34.2 Å². The van der Waals surface area contributed by atoms with Crippen molar-refractivity contribution in [2.45, 2.75) is 30.8 Å². The van der Waals surface area contributed by atoms with Gasteiger partial charge in [-0.05, 0) is 19.9 Å². The normalized spacial score (nSPS) is 11.6. The van der Waals surface area contributed by atoms with Gasteiger partial charge in [0.1, 0.15) is 0 Å². The lowest BCUT2D eigenvalue weighted by Gasteiger charge is -2.10. The SMILES string of the molecule is CC(C)n1c(N)nnc1SCc1sc2ccccc2c1Cl. The van der Waals surface area contributed by atoms with Crippen LogP contribution in [0.1, 0.15) is 24.8 Å². The summed E-state index contributed by atoms with van der Waals surface area (Å²) in [7, 11) is 0. The van der Waals surface area contributed by atoms with Gasteiger partial charge < -0.3 is 5.73 Å². The minimum atomic E-state index is 0.236. The number of benzene rings is 1. The number of aromatic nitrogens is 3. The van der Waals surface area contributed by atoms with Crippen molar-refractivity contribution in [1.29, 1.82) is 0 Å². The first-order valence-electron chi connectivity index (χ1n) is 6.57. The van der Waals surface area contributed by atoms with Gasteiger partial charge >= 0.3 is 0 Å². The molecule has 0 atom stereocenters. The Kier molecular flexibility index (Phi) is 4.10. The third-order valence-electron chi connectivity index (χ3n) is 3.14. The Balaban J connectivity index is 1.85. The monoisotopic (exact) mass is 338 g/mol. The average Bonchev–Trinajstić information content (AvgIpc) is 2.98. The van der Waals surface area contributed by atoms with E-state index in [0.29, 0.717) is 5.95 Å². The second kappa shape index (κ2) is 5.87. The van der Waals surface area contributed by atoms with Crippen LogP contribution in [0.3, 0.4) is 0 Å². The maximum atomic E-state index is 6.46. The van der Waals surface area contributed by atoms with Crippen molar-refractivity contribution in [2.75, 3.05) is 5.73 Å². The van der Waals surface area contributed by atoms with Gasteiger partial charge in [0.2, 0.25) is 5.95 Å². The van der Waals surface area contributed by atoms with Gasteiger partial charge in [-0.2, -0.15) is 0 Å². The van der Waals surface area contributed by atoms with Crippen molar-refractivity contribution in [3.8, 4) is 0 Å². The first-order valence-corrected chi connectivity index (χ1v) is 8.75. The van der Waals surface area contributed by atoms with Crippen molar-refractivity contribution in [2.24, 2.45) is 0 Å². The number of nitrogens with zero attached hydrogens (tertiary/aromatic N) is 3. The van der Waals surface area contributed by atoms with E-state index in [1.54, 1.807) is 23.1 Å². The summed E-state index contributed by atoms with van der Waals surface area (Å²) >= 11 is 9.80. The topological polar surface area (TPSA) is 56.7 Å². The number of fused-ring (bicyclic) bond motifs is 1. The fraction of sp³-hybridized carbons (Fsp3) is 0.286. The van der Waals surface area contributed by atoms with E-state index >= 15 is 0 Å². The van der Waals surface area contributed by atoms with Crippen LogP contribution in [0.4, 0.5) is 5.95 Å². The van der Waals surface area contributed by atoms with Gasteiger partial charge in [0.15, 0.2) is 5.16 Å². The number of thioether (sulfide) groups is 1. The molecule has 3 aromatic rings. The summed E-state index contributed by atoms with van der Waals surface area (Å²) in [6, 6.07) is 8.42. The molecular formula is C14H15ClN4S2. The lowest BCUT2D eigenvalue weighted by Crippen LogP contribution is -2.06. The van der Waals surface area contributed by atoms with Crippen LogP contribution in [0.5, 0.6) is 0 Å². The van der Waals surface area contributed by atoms with Gasteiger partial charge in [-0.25, -0.2) is 0 Å². The highest BCUT2D eigenvalue weighted by atomic mass is 35.5. The molecule has 0 unspecified atom stereocenters. The van der Waals surface area contributed by atoms with Crippen LogP contribution < -0.4 is 5.73 Å². The summed E-state index contributed by atoms with van der Waals surface area (Å²) in [6.45, 7) is 4.13. The molecule has 0 aliphatic heterocycles. The van der Waals surface area contributed by atoms with Gasteiger partial charge in [-0.15, -0.1) is 21.5 Å². The molecular weight excluding hydrogens is 324 g/mol. The van der Waals surface area contributed by atoms with Crippen molar-refractivity contribution >= 4 is 50.7 Å². The van der Waals surface area contributed by atoms with E-state index in [1.807, 2.05) is 16.7 Å². The van der Waals surface area contributed by atoms with Crippen LogP contribution >= 0.6 is 34.7 Å². The summed E-state index contributed by atoms with van der Waals surface area (Å²) in [5.41, 5.74) is 5.86. The molecule has 0 amide bonds. The summed E-state index contributed by atoms with van der Waals surface area (Å²) in [6.07, 6.45) is 0. The van der Waals surface area contributed by atoms with E-state index in [4.69, 9.17) is 17.3 Å². The molecule has 2 aromatic heterocycles. The van der Waals surface area contributed by atoms with Crippen LogP contribution in [0, 0.1) is 0 Å². The van der Waals surface area contributed by atoms with Crippen molar-refractivity contribution in [3.63, 3.8) is 0 Å². The Morgan fingerprint density at radius 1 is 1.33 bits per heavy atom. The predicted octanol–water partition coefficient (Wildman–Crippen LogP) is 4.60. The van der Waals surface area contributed by atoms with E-state index in [-0.39, 0.29) is 6.04 Å². The Bertz CT molecular complexity index is 778. The number of hydrogen-bond acceptors (Lipinski definition) is 5. The third kappa shape index (κ3) is 2.75. The fourth-order valence-electron chi connectivity index (χ4n) is 2.16. The summed E-state index contributed by atoms with van der Waals surface area (Å²) < 4.78 is 3.15. The second-order valence-corrected chi connectivity index (χ2v) is 7.39. The quantitative estimate of drug-likeness (QED) is 0.706. The van der Waals surface area contributed by atoms with Gasteiger partial charge in [0.05, 0.1) is 5.02 Å². The van der Waals surface area contributed by atoms with Crippen LogP contribution in [0.15, 0.2) is 29.4 Å². The highest BCUT2D eigenvalue weighted by molar-refractivity contribution is 7.98. The molecule has 1 aromatic carbocycles. The molecule has 21 heavy (non-hydrogen) atoms. The van der Waals surface area contributed by atoms with Crippen LogP contribution in [0.25, 0.3) is 10.1 Å².